The van der Waals surface area contributed by atoms with E-state index in [2.05, 4.69) is 0 Å². The topological polar surface area (TPSA) is 54.5 Å². The lowest BCUT2D eigenvalue weighted by Crippen LogP contribution is -2.46. The van der Waals surface area contributed by atoms with Crippen LogP contribution in [-0.4, -0.2) is 28.5 Å². The maximum absolute atomic E-state index is 14.4. The van der Waals surface area contributed by atoms with Gasteiger partial charge in [0.05, 0.1) is 22.7 Å². The third-order valence-corrected chi connectivity index (χ3v) is 9.21. The van der Waals surface area contributed by atoms with E-state index in [1.807, 2.05) is 74.5 Å². The van der Waals surface area contributed by atoms with E-state index in [-0.39, 0.29) is 23.6 Å². The number of allylic oxidation sites excluding steroid dienone is 2. The SMILES string of the molecule is CC[C@@]12C(=O)[C@@](C)(C(c3ccccc3)=C1c1ccccc1)[C@H]1C(=O)N(C3CCCCC3)C(=O)[C@@H]12. The van der Waals surface area contributed by atoms with Crippen LogP contribution in [0.2, 0.25) is 0 Å². The van der Waals surface area contributed by atoms with Crippen molar-refractivity contribution >= 4 is 28.7 Å². The summed E-state index contributed by atoms with van der Waals surface area (Å²) in [5.74, 6) is -1.39. The Balaban J connectivity index is 1.61. The molecule has 2 bridgehead atoms. The molecule has 1 heterocycles. The van der Waals surface area contributed by atoms with Gasteiger partial charge >= 0.3 is 0 Å². The molecule has 0 radical (unpaired) electrons. The summed E-state index contributed by atoms with van der Waals surface area (Å²) in [6.45, 7) is 3.96. The Kier molecular flexibility index (Phi) is 4.74. The largest absolute Gasteiger partial charge is 0.298 e. The molecule has 2 amide bonds. The van der Waals surface area contributed by atoms with Crippen LogP contribution in [0.1, 0.15) is 63.5 Å². The van der Waals surface area contributed by atoms with Crippen LogP contribution in [0.5, 0.6) is 0 Å². The van der Waals surface area contributed by atoms with Crippen molar-refractivity contribution in [2.75, 3.05) is 0 Å². The molecule has 0 spiro atoms. The van der Waals surface area contributed by atoms with Crippen LogP contribution >= 0.6 is 0 Å². The first kappa shape index (κ1) is 21.5. The quantitative estimate of drug-likeness (QED) is 0.572. The second-order valence-corrected chi connectivity index (χ2v) is 10.6. The first-order chi connectivity index (χ1) is 16.5. The number of carbonyl (C=O) groups is 3. The Morgan fingerprint density at radius 2 is 1.29 bits per heavy atom. The van der Waals surface area contributed by atoms with E-state index >= 15 is 0 Å². The molecular weight excluding hydrogens is 422 g/mol. The number of ketones is 1. The van der Waals surface area contributed by atoms with Crippen molar-refractivity contribution in [3.8, 4) is 0 Å². The number of benzene rings is 2. The second-order valence-electron chi connectivity index (χ2n) is 10.6. The zero-order valence-corrected chi connectivity index (χ0v) is 19.9. The molecule has 0 unspecified atom stereocenters. The van der Waals surface area contributed by atoms with Gasteiger partial charge in [0.2, 0.25) is 11.8 Å². The highest BCUT2D eigenvalue weighted by Crippen LogP contribution is 2.74. The van der Waals surface area contributed by atoms with Gasteiger partial charge in [-0.15, -0.1) is 0 Å². The van der Waals surface area contributed by atoms with E-state index in [0.717, 1.165) is 54.4 Å². The van der Waals surface area contributed by atoms with Crippen molar-refractivity contribution < 1.29 is 14.4 Å². The minimum atomic E-state index is -1.01. The van der Waals surface area contributed by atoms with Gasteiger partial charge < -0.3 is 0 Å². The lowest BCUT2D eigenvalue weighted by molar-refractivity contribution is -0.148. The first-order valence-corrected chi connectivity index (χ1v) is 12.8. The maximum Gasteiger partial charge on any atom is 0.234 e. The van der Waals surface area contributed by atoms with Gasteiger partial charge in [-0.1, -0.05) is 86.8 Å². The third kappa shape index (κ3) is 2.46. The van der Waals surface area contributed by atoms with E-state index in [1.54, 1.807) is 4.90 Å². The van der Waals surface area contributed by atoms with E-state index in [9.17, 15) is 14.4 Å². The molecule has 1 aliphatic heterocycles. The number of carbonyl (C=O) groups excluding carboxylic acids is 3. The Morgan fingerprint density at radius 3 is 1.85 bits per heavy atom. The summed E-state index contributed by atoms with van der Waals surface area (Å²) in [4.78, 5) is 44.2. The minimum absolute atomic E-state index is 0.0216. The second kappa shape index (κ2) is 7.49. The van der Waals surface area contributed by atoms with Gasteiger partial charge in [-0.2, -0.15) is 0 Å². The minimum Gasteiger partial charge on any atom is -0.298 e. The van der Waals surface area contributed by atoms with Gasteiger partial charge in [0.25, 0.3) is 0 Å². The molecule has 0 N–H and O–H groups in total. The molecule has 174 valence electrons. The number of fused-ring (bicyclic) bond motifs is 5. The summed E-state index contributed by atoms with van der Waals surface area (Å²) in [6.07, 6.45) is 5.54. The number of rotatable bonds is 4. The van der Waals surface area contributed by atoms with Crippen LogP contribution in [0, 0.1) is 22.7 Å². The highest BCUT2D eigenvalue weighted by atomic mass is 16.2. The van der Waals surface area contributed by atoms with Gasteiger partial charge in [0, 0.05) is 6.04 Å². The molecular formula is C30H31NO3. The van der Waals surface area contributed by atoms with Crippen LogP contribution in [0.4, 0.5) is 0 Å². The van der Waals surface area contributed by atoms with Crippen LogP contribution in [0.15, 0.2) is 60.7 Å². The summed E-state index contributed by atoms with van der Waals surface area (Å²) in [5.41, 5.74) is 1.88. The molecule has 1 saturated heterocycles. The van der Waals surface area contributed by atoms with Crippen LogP contribution in [0.25, 0.3) is 11.1 Å². The van der Waals surface area contributed by atoms with Crippen LogP contribution < -0.4 is 0 Å². The van der Waals surface area contributed by atoms with Crippen LogP contribution in [-0.2, 0) is 14.4 Å². The Labute approximate surface area is 201 Å². The number of Topliss-reactive ketones (excluding diaryl/α,β-unsaturated/α-hetero) is 1. The fraction of sp³-hybridized carbons (Fsp3) is 0.433. The number of amides is 2. The van der Waals surface area contributed by atoms with Crippen molar-refractivity contribution in [2.24, 2.45) is 22.7 Å². The fourth-order valence-electron chi connectivity index (χ4n) is 7.85. The van der Waals surface area contributed by atoms with Crippen molar-refractivity contribution in [1.29, 1.82) is 0 Å². The lowest BCUT2D eigenvalue weighted by atomic mass is 9.61. The van der Waals surface area contributed by atoms with Crippen molar-refractivity contribution in [2.45, 2.75) is 58.4 Å². The smallest absolute Gasteiger partial charge is 0.234 e. The molecule has 4 heteroatoms. The Hall–Kier alpha value is -3.01. The Bertz CT molecular complexity index is 1210. The van der Waals surface area contributed by atoms with E-state index in [4.69, 9.17) is 0 Å². The number of hydrogen-bond acceptors (Lipinski definition) is 3. The Morgan fingerprint density at radius 1 is 0.765 bits per heavy atom. The fourth-order valence-corrected chi connectivity index (χ4v) is 7.85. The molecule has 34 heavy (non-hydrogen) atoms. The standard InChI is InChI=1S/C30H31NO3/c1-3-30-23(20-15-9-5-10-16-20)22(19-13-7-4-8-14-19)29(2,28(30)34)24-25(30)27(33)31(26(24)32)21-17-11-6-12-18-21/h4-5,7-10,13-16,21,24-25H,3,6,11-12,17-18H2,1-2H3/t24-,25-,29+,30-/m1/s1. The molecule has 0 aromatic heterocycles. The van der Waals surface area contributed by atoms with Gasteiger partial charge in [-0.05, 0) is 48.5 Å². The maximum atomic E-state index is 14.4. The van der Waals surface area contributed by atoms with Gasteiger partial charge in [0.15, 0.2) is 5.78 Å². The number of imide groups is 1. The predicted molar refractivity (Wildman–Crippen MR) is 131 cm³/mol. The number of likely N-dealkylation sites (tertiary alicyclic amines) is 1. The van der Waals surface area contributed by atoms with Crippen LogP contribution in [0.3, 0.4) is 0 Å². The summed E-state index contributed by atoms with van der Waals surface area (Å²) in [7, 11) is 0. The van der Waals surface area contributed by atoms with Crippen molar-refractivity contribution in [1.82, 2.24) is 4.90 Å². The molecule has 2 saturated carbocycles. The van der Waals surface area contributed by atoms with E-state index < -0.39 is 22.7 Å². The number of nitrogens with zero attached hydrogens (tertiary/aromatic N) is 1. The zero-order valence-electron chi connectivity index (χ0n) is 19.9. The molecule has 6 rings (SSSR count). The monoisotopic (exact) mass is 453 g/mol. The van der Waals surface area contributed by atoms with E-state index in [0.29, 0.717) is 6.42 Å². The molecule has 3 aliphatic carbocycles. The average Bonchev–Trinajstić information content (AvgIpc) is 3.35. The van der Waals surface area contributed by atoms with Crippen molar-refractivity contribution in [3.63, 3.8) is 0 Å². The summed E-state index contributed by atoms with van der Waals surface area (Å²) < 4.78 is 0. The van der Waals surface area contributed by atoms with Gasteiger partial charge in [-0.3, -0.25) is 19.3 Å². The highest BCUT2D eigenvalue weighted by Gasteiger charge is 2.79. The summed E-state index contributed by atoms with van der Waals surface area (Å²) >= 11 is 0. The van der Waals surface area contributed by atoms with Crippen molar-refractivity contribution in [3.05, 3.63) is 71.8 Å². The predicted octanol–water partition coefficient (Wildman–Crippen LogP) is 5.53. The first-order valence-electron chi connectivity index (χ1n) is 12.8. The number of hydrogen-bond donors (Lipinski definition) is 0. The molecule has 3 fully saturated rings. The molecule has 4 nitrogen and oxygen atoms in total. The summed E-state index contributed by atoms with van der Waals surface area (Å²) in [5, 5.41) is 0. The molecule has 4 atom stereocenters. The molecule has 2 aromatic carbocycles. The lowest BCUT2D eigenvalue weighted by Gasteiger charge is -2.37. The third-order valence-electron chi connectivity index (χ3n) is 9.21. The normalized spacial score (nSPS) is 33.2. The van der Waals surface area contributed by atoms with Gasteiger partial charge in [-0.25, -0.2) is 0 Å². The highest BCUT2D eigenvalue weighted by molar-refractivity contribution is 6.29. The van der Waals surface area contributed by atoms with E-state index in [1.165, 1.54) is 0 Å². The zero-order chi connectivity index (χ0) is 23.7. The molecule has 4 aliphatic rings. The summed E-state index contributed by atoms with van der Waals surface area (Å²) in [6, 6.07) is 20.0. The molecule has 2 aromatic rings. The van der Waals surface area contributed by atoms with Gasteiger partial charge in [0.1, 0.15) is 0 Å². The average molecular weight is 454 g/mol.